The van der Waals surface area contributed by atoms with Gasteiger partial charge in [0.15, 0.2) is 11.5 Å². The lowest BCUT2D eigenvalue weighted by molar-refractivity contribution is -0.239. The second-order valence-corrected chi connectivity index (χ2v) is 5.90. The summed E-state index contributed by atoms with van der Waals surface area (Å²) in [6.45, 7) is 1.52. The van der Waals surface area contributed by atoms with E-state index in [1.165, 1.54) is 34.5 Å². The summed E-state index contributed by atoms with van der Waals surface area (Å²) >= 11 is 0. The number of methoxy groups -OCH3 is 2. The van der Waals surface area contributed by atoms with Gasteiger partial charge in [-0.15, -0.1) is 5.06 Å². The Balaban J connectivity index is 2.24. The number of aromatic nitrogens is 2. The van der Waals surface area contributed by atoms with Crippen molar-refractivity contribution in [2.24, 2.45) is 0 Å². The zero-order chi connectivity index (χ0) is 21.1. The summed E-state index contributed by atoms with van der Waals surface area (Å²) in [7, 11) is 4.13. The van der Waals surface area contributed by atoms with Crippen LogP contribution in [0.3, 0.4) is 0 Å². The number of hydrogen-bond acceptors (Lipinski definition) is 8. The monoisotopic (exact) mass is 400 g/mol. The Labute approximate surface area is 158 Å². The van der Waals surface area contributed by atoms with Crippen LogP contribution in [0.2, 0.25) is 0 Å². The van der Waals surface area contributed by atoms with E-state index in [0.717, 1.165) is 5.06 Å². The molecule has 1 aromatic heterocycles. The third kappa shape index (κ3) is 4.66. The smallest absolute Gasteiger partial charge is 0.492 e. The molecule has 0 fully saturated rings. The molecule has 0 aliphatic heterocycles. The molecule has 0 radical (unpaired) electrons. The molecule has 1 unspecified atom stereocenters. The van der Waals surface area contributed by atoms with E-state index in [1.54, 1.807) is 12.1 Å². The number of rotatable bonds is 7. The van der Waals surface area contributed by atoms with E-state index < -0.39 is 18.2 Å². The lowest BCUT2D eigenvalue weighted by atomic mass is 10.0. The molecule has 0 saturated carbocycles. The zero-order valence-corrected chi connectivity index (χ0v) is 15.6. The first kappa shape index (κ1) is 21.4. The first-order valence-electron chi connectivity index (χ1n) is 8.05. The number of ether oxygens (including phenoxy) is 2. The number of fused-ring (bicyclic) bond motifs is 1. The number of nitrogens with zero attached hydrogens (tertiary/aromatic N) is 3. The maximum Gasteiger partial charge on any atom is 0.492 e. The fraction of sp³-hybridized carbons (Fsp3) is 0.412. The van der Waals surface area contributed by atoms with E-state index >= 15 is 0 Å². The number of hydrogen-bond donors (Lipinski definition) is 1. The van der Waals surface area contributed by atoms with E-state index in [0.29, 0.717) is 22.4 Å². The summed E-state index contributed by atoms with van der Waals surface area (Å²) in [6, 6.07) is 2.55. The van der Waals surface area contributed by atoms with Crippen LogP contribution < -0.4 is 9.47 Å². The third-order valence-electron chi connectivity index (χ3n) is 4.01. The van der Waals surface area contributed by atoms with Crippen LogP contribution >= 0.6 is 0 Å². The van der Waals surface area contributed by atoms with Crippen molar-refractivity contribution in [2.75, 3.05) is 21.3 Å². The van der Waals surface area contributed by atoms with Gasteiger partial charge in [0.25, 0.3) is 0 Å². The van der Waals surface area contributed by atoms with Crippen LogP contribution in [0.1, 0.15) is 19.0 Å². The third-order valence-corrected chi connectivity index (χ3v) is 4.01. The van der Waals surface area contributed by atoms with Crippen LogP contribution in [0.25, 0.3) is 10.9 Å². The minimum absolute atomic E-state index is 0.0257. The highest BCUT2D eigenvalue weighted by molar-refractivity contribution is 6.07. The largest absolute Gasteiger partial charge is 0.493 e. The Morgan fingerprint density at radius 2 is 1.82 bits per heavy atom. The number of nitrogens with one attached hydrogen (secondary N) is 1. The molecule has 2 aromatic rings. The van der Waals surface area contributed by atoms with E-state index in [-0.39, 0.29) is 17.8 Å². The average molecular weight is 400 g/mol. The fourth-order valence-corrected chi connectivity index (χ4v) is 2.42. The topological polar surface area (TPSA) is 97.6 Å². The maximum absolute atomic E-state index is 12.3. The highest BCUT2D eigenvalue weighted by atomic mass is 19.4. The van der Waals surface area contributed by atoms with Crippen LogP contribution in [-0.4, -0.2) is 60.2 Å². The molecule has 1 atom stereocenters. The van der Waals surface area contributed by atoms with Gasteiger partial charge in [-0.05, 0) is 13.0 Å². The Bertz CT molecular complexity index is 889. The molecule has 1 N–H and O–H groups in total. The van der Waals surface area contributed by atoms with Gasteiger partial charge in [-0.2, -0.15) is 13.2 Å². The van der Waals surface area contributed by atoms with Gasteiger partial charge in [0, 0.05) is 31.0 Å². The summed E-state index contributed by atoms with van der Waals surface area (Å²) in [6.07, 6.45) is -3.85. The van der Waals surface area contributed by atoms with E-state index in [4.69, 9.17) is 14.9 Å². The van der Waals surface area contributed by atoms with Crippen LogP contribution in [0.4, 0.5) is 13.2 Å². The van der Waals surface area contributed by atoms with Gasteiger partial charge < -0.3 is 19.7 Å². The van der Waals surface area contributed by atoms with E-state index in [9.17, 15) is 18.0 Å². The van der Waals surface area contributed by atoms with Gasteiger partial charge in [0.05, 0.1) is 31.1 Å². The average Bonchev–Trinajstić information content (AvgIpc) is 2.65. The molecule has 2 rings (SSSR count). The highest BCUT2D eigenvalue weighted by Gasteiger charge is 2.42. The molecule has 1 aromatic carbocycles. The molecule has 0 amide bonds. The second kappa shape index (κ2) is 8.38. The number of carbonyl (C=O) groups excluding carboxylic acids is 1. The summed E-state index contributed by atoms with van der Waals surface area (Å²) < 4.78 is 47.4. The van der Waals surface area contributed by atoms with Gasteiger partial charge in [0.2, 0.25) is 0 Å². The predicted octanol–water partition coefficient (Wildman–Crippen LogP) is 2.75. The zero-order valence-electron chi connectivity index (χ0n) is 15.6. The number of halogens is 3. The predicted molar refractivity (Wildman–Crippen MR) is 93.5 cm³/mol. The number of carbonyl (C=O) groups is 1. The van der Waals surface area contributed by atoms with Crippen LogP contribution in [0, 0.1) is 5.41 Å². The second-order valence-electron chi connectivity index (χ2n) is 5.90. The minimum Gasteiger partial charge on any atom is -0.493 e. The Morgan fingerprint density at radius 3 is 2.39 bits per heavy atom. The Hall–Kier alpha value is -2.95. The molecule has 0 spiro atoms. The van der Waals surface area contributed by atoms with Crippen molar-refractivity contribution in [1.29, 1.82) is 5.41 Å². The summed E-state index contributed by atoms with van der Waals surface area (Å²) in [5.41, 5.74) is 0.826. The van der Waals surface area contributed by atoms with Crippen LogP contribution in [0.5, 0.6) is 11.5 Å². The quantitative estimate of drug-likeness (QED) is 0.564. The molecule has 152 valence electrons. The summed E-state index contributed by atoms with van der Waals surface area (Å²) in [5, 5.41) is 9.60. The van der Waals surface area contributed by atoms with Crippen molar-refractivity contribution in [3.05, 3.63) is 24.2 Å². The molecule has 0 saturated heterocycles. The molecular formula is C17H19F3N4O4. The summed E-state index contributed by atoms with van der Waals surface area (Å²) in [5.74, 6) is -1.45. The standard InChI is InChI=1S/C17H19F3N4O4/c1-9(24(2)28-16(25)17(18,19)20)5-11(21)15-10-6-13(26-3)14(27-4)7-12(10)22-8-23-15/h6-9,21H,5H2,1-4H3. The lowest BCUT2D eigenvalue weighted by Crippen LogP contribution is -2.38. The van der Waals surface area contributed by atoms with Gasteiger partial charge >= 0.3 is 12.1 Å². The lowest BCUT2D eigenvalue weighted by Gasteiger charge is -2.24. The van der Waals surface area contributed by atoms with Crippen molar-refractivity contribution in [1.82, 2.24) is 15.0 Å². The van der Waals surface area contributed by atoms with Gasteiger partial charge in [-0.25, -0.2) is 14.8 Å². The van der Waals surface area contributed by atoms with Crippen molar-refractivity contribution in [3.8, 4) is 11.5 Å². The Kier molecular flexibility index (Phi) is 6.39. The van der Waals surface area contributed by atoms with Crippen molar-refractivity contribution >= 4 is 22.6 Å². The molecule has 11 heteroatoms. The minimum atomic E-state index is -5.10. The number of benzene rings is 1. The van der Waals surface area contributed by atoms with Crippen LogP contribution in [-0.2, 0) is 9.63 Å². The summed E-state index contributed by atoms with van der Waals surface area (Å²) in [4.78, 5) is 23.5. The molecule has 0 aliphatic rings. The Morgan fingerprint density at radius 1 is 1.21 bits per heavy atom. The molecule has 8 nitrogen and oxygen atoms in total. The van der Waals surface area contributed by atoms with Crippen molar-refractivity contribution in [3.63, 3.8) is 0 Å². The molecule has 0 bridgehead atoms. The molecule has 28 heavy (non-hydrogen) atoms. The maximum atomic E-state index is 12.3. The number of alkyl halides is 3. The molecular weight excluding hydrogens is 381 g/mol. The normalized spacial score (nSPS) is 12.7. The van der Waals surface area contributed by atoms with Gasteiger partial charge in [0.1, 0.15) is 6.33 Å². The van der Waals surface area contributed by atoms with E-state index in [2.05, 4.69) is 14.8 Å². The molecule has 0 aliphatic carbocycles. The van der Waals surface area contributed by atoms with E-state index in [1.807, 2.05) is 0 Å². The highest BCUT2D eigenvalue weighted by Crippen LogP contribution is 2.32. The fourth-order valence-electron chi connectivity index (χ4n) is 2.42. The van der Waals surface area contributed by atoms with Crippen molar-refractivity contribution in [2.45, 2.75) is 25.6 Å². The van der Waals surface area contributed by atoms with Crippen LogP contribution in [0.15, 0.2) is 18.5 Å². The van der Waals surface area contributed by atoms with Crippen molar-refractivity contribution < 1.29 is 32.3 Å². The van der Waals surface area contributed by atoms with Gasteiger partial charge in [-0.3, -0.25) is 0 Å². The number of hydroxylamine groups is 2. The van der Waals surface area contributed by atoms with Gasteiger partial charge in [-0.1, -0.05) is 0 Å². The first-order chi connectivity index (χ1) is 13.1. The SMILES string of the molecule is COc1cc2ncnc(C(=N)CC(C)N(C)OC(=O)C(F)(F)F)c2cc1OC. The molecule has 1 heterocycles. The first-order valence-corrected chi connectivity index (χ1v) is 8.05.